The first kappa shape index (κ1) is 14.2. The molecule has 5 nitrogen and oxygen atoms in total. The predicted octanol–water partition coefficient (Wildman–Crippen LogP) is 2.19. The summed E-state index contributed by atoms with van der Waals surface area (Å²) in [5.74, 6) is 1.67. The fraction of sp³-hybridized carbons (Fsp3) is 0.562. The Bertz CT molecular complexity index is 509. The standard InChI is InChI=1S/C16H21NO4/c1-2-19-16(18)13-5-7-17(8-6-13)10-12-3-4-14-15(9-12)21-11-20-14/h3-4,9,13H,2,5-8,10-11H2,1H3. The fourth-order valence-corrected chi connectivity index (χ4v) is 2.88. The molecule has 1 aromatic carbocycles. The molecule has 2 aliphatic rings. The number of fused-ring (bicyclic) bond motifs is 1. The molecule has 0 aromatic heterocycles. The molecule has 3 rings (SSSR count). The van der Waals surface area contributed by atoms with Crippen LogP contribution in [0.15, 0.2) is 18.2 Å². The van der Waals surface area contributed by atoms with Crippen LogP contribution in [-0.2, 0) is 16.1 Å². The summed E-state index contributed by atoms with van der Waals surface area (Å²) in [6, 6.07) is 6.08. The van der Waals surface area contributed by atoms with Crippen LogP contribution in [0.4, 0.5) is 0 Å². The van der Waals surface area contributed by atoms with Gasteiger partial charge >= 0.3 is 5.97 Å². The van der Waals surface area contributed by atoms with Gasteiger partial charge in [0.15, 0.2) is 11.5 Å². The van der Waals surface area contributed by atoms with Crippen molar-refractivity contribution in [2.75, 3.05) is 26.5 Å². The number of carbonyl (C=O) groups excluding carboxylic acids is 1. The van der Waals surface area contributed by atoms with Crippen LogP contribution in [0, 0.1) is 5.92 Å². The van der Waals surface area contributed by atoms with Crippen LogP contribution < -0.4 is 9.47 Å². The number of ether oxygens (including phenoxy) is 3. The van der Waals surface area contributed by atoms with Gasteiger partial charge in [-0.3, -0.25) is 9.69 Å². The van der Waals surface area contributed by atoms with Gasteiger partial charge in [-0.2, -0.15) is 0 Å². The lowest BCUT2D eigenvalue weighted by molar-refractivity contribution is -0.149. The van der Waals surface area contributed by atoms with Crippen molar-refractivity contribution in [2.45, 2.75) is 26.3 Å². The van der Waals surface area contributed by atoms with Gasteiger partial charge in [-0.25, -0.2) is 0 Å². The first-order valence-electron chi connectivity index (χ1n) is 7.54. The van der Waals surface area contributed by atoms with Gasteiger partial charge in [0.1, 0.15) is 0 Å². The number of carbonyl (C=O) groups is 1. The largest absolute Gasteiger partial charge is 0.466 e. The van der Waals surface area contributed by atoms with E-state index in [2.05, 4.69) is 11.0 Å². The fourth-order valence-electron chi connectivity index (χ4n) is 2.88. The third-order valence-corrected chi connectivity index (χ3v) is 4.05. The Morgan fingerprint density at radius 3 is 2.81 bits per heavy atom. The van der Waals surface area contributed by atoms with Crippen LogP contribution in [0.25, 0.3) is 0 Å². The van der Waals surface area contributed by atoms with Crippen LogP contribution in [0.3, 0.4) is 0 Å². The highest BCUT2D eigenvalue weighted by molar-refractivity contribution is 5.72. The molecular weight excluding hydrogens is 270 g/mol. The molecule has 114 valence electrons. The SMILES string of the molecule is CCOC(=O)C1CCN(Cc2ccc3c(c2)OCO3)CC1. The molecule has 2 heterocycles. The molecular formula is C16H21NO4. The van der Waals surface area contributed by atoms with Gasteiger partial charge in [0.25, 0.3) is 0 Å². The number of piperidine rings is 1. The Kier molecular flexibility index (Phi) is 4.29. The Hall–Kier alpha value is -1.75. The normalized spacial score (nSPS) is 18.7. The van der Waals surface area contributed by atoms with Gasteiger partial charge in [-0.1, -0.05) is 6.07 Å². The number of likely N-dealkylation sites (tertiary alicyclic amines) is 1. The predicted molar refractivity (Wildman–Crippen MR) is 77.2 cm³/mol. The number of esters is 1. The number of benzene rings is 1. The van der Waals surface area contributed by atoms with Crippen LogP contribution in [0.2, 0.25) is 0 Å². The van der Waals surface area contributed by atoms with Gasteiger partial charge < -0.3 is 14.2 Å². The smallest absolute Gasteiger partial charge is 0.309 e. The third-order valence-electron chi connectivity index (χ3n) is 4.05. The molecule has 0 saturated carbocycles. The van der Waals surface area contributed by atoms with Gasteiger partial charge in [0.05, 0.1) is 12.5 Å². The van der Waals surface area contributed by atoms with E-state index in [-0.39, 0.29) is 11.9 Å². The zero-order chi connectivity index (χ0) is 14.7. The van der Waals surface area contributed by atoms with E-state index in [0.717, 1.165) is 44.0 Å². The molecule has 0 bridgehead atoms. The van der Waals surface area contributed by atoms with Gasteiger partial charge in [0, 0.05) is 6.54 Å². The van der Waals surface area contributed by atoms with Crippen LogP contribution in [-0.4, -0.2) is 37.4 Å². The Morgan fingerprint density at radius 1 is 1.29 bits per heavy atom. The molecule has 0 amide bonds. The van der Waals surface area contributed by atoms with Crippen molar-refractivity contribution in [2.24, 2.45) is 5.92 Å². The molecule has 0 unspecified atom stereocenters. The van der Waals surface area contributed by atoms with Crippen LogP contribution >= 0.6 is 0 Å². The Labute approximate surface area is 124 Å². The van der Waals surface area contributed by atoms with Crippen molar-refractivity contribution in [3.63, 3.8) is 0 Å². The summed E-state index contributed by atoms with van der Waals surface area (Å²) >= 11 is 0. The van der Waals surface area contributed by atoms with E-state index >= 15 is 0 Å². The minimum atomic E-state index is -0.0415. The zero-order valence-electron chi connectivity index (χ0n) is 12.3. The monoisotopic (exact) mass is 291 g/mol. The van der Waals surface area contributed by atoms with Crippen molar-refractivity contribution in [3.05, 3.63) is 23.8 Å². The average Bonchev–Trinajstić information content (AvgIpc) is 2.96. The number of rotatable bonds is 4. The molecule has 21 heavy (non-hydrogen) atoms. The minimum Gasteiger partial charge on any atom is -0.466 e. The van der Waals surface area contributed by atoms with E-state index in [1.54, 1.807) is 0 Å². The summed E-state index contributed by atoms with van der Waals surface area (Å²) in [6.45, 7) is 5.37. The van der Waals surface area contributed by atoms with E-state index in [0.29, 0.717) is 13.4 Å². The summed E-state index contributed by atoms with van der Waals surface area (Å²) < 4.78 is 15.8. The van der Waals surface area contributed by atoms with E-state index < -0.39 is 0 Å². The van der Waals surface area contributed by atoms with Gasteiger partial charge in [0.2, 0.25) is 6.79 Å². The maximum Gasteiger partial charge on any atom is 0.309 e. The molecule has 0 radical (unpaired) electrons. The second-order valence-electron chi connectivity index (χ2n) is 5.49. The van der Waals surface area contributed by atoms with Crippen molar-refractivity contribution in [1.82, 2.24) is 4.90 Å². The molecule has 2 aliphatic heterocycles. The topological polar surface area (TPSA) is 48.0 Å². The Morgan fingerprint density at radius 2 is 2.05 bits per heavy atom. The van der Waals surface area contributed by atoms with E-state index in [4.69, 9.17) is 14.2 Å². The maximum absolute atomic E-state index is 11.7. The summed E-state index contributed by atoms with van der Waals surface area (Å²) in [7, 11) is 0. The molecule has 1 aromatic rings. The minimum absolute atomic E-state index is 0.0415. The average molecular weight is 291 g/mol. The van der Waals surface area contributed by atoms with Crippen molar-refractivity contribution in [1.29, 1.82) is 0 Å². The molecule has 0 atom stereocenters. The van der Waals surface area contributed by atoms with Crippen LogP contribution in [0.1, 0.15) is 25.3 Å². The lowest BCUT2D eigenvalue weighted by Gasteiger charge is -2.30. The van der Waals surface area contributed by atoms with Crippen molar-refractivity contribution in [3.8, 4) is 11.5 Å². The molecule has 0 aliphatic carbocycles. The zero-order valence-corrected chi connectivity index (χ0v) is 12.3. The molecule has 1 saturated heterocycles. The van der Waals surface area contributed by atoms with E-state index in [1.165, 1.54) is 5.56 Å². The first-order valence-corrected chi connectivity index (χ1v) is 7.54. The first-order chi connectivity index (χ1) is 10.3. The summed E-state index contributed by atoms with van der Waals surface area (Å²) in [6.07, 6.45) is 1.76. The third kappa shape index (κ3) is 3.29. The van der Waals surface area contributed by atoms with Gasteiger partial charge in [-0.15, -0.1) is 0 Å². The summed E-state index contributed by atoms with van der Waals surface area (Å²) in [5.41, 5.74) is 1.22. The molecule has 5 heteroatoms. The quantitative estimate of drug-likeness (QED) is 0.796. The van der Waals surface area contributed by atoms with E-state index in [1.807, 2.05) is 19.1 Å². The highest BCUT2D eigenvalue weighted by Gasteiger charge is 2.26. The van der Waals surface area contributed by atoms with Gasteiger partial charge in [-0.05, 0) is 50.6 Å². The lowest BCUT2D eigenvalue weighted by atomic mass is 9.96. The molecule has 0 N–H and O–H groups in total. The molecule has 1 fully saturated rings. The highest BCUT2D eigenvalue weighted by Crippen LogP contribution is 2.33. The summed E-state index contributed by atoms with van der Waals surface area (Å²) in [5, 5.41) is 0. The molecule has 0 spiro atoms. The van der Waals surface area contributed by atoms with Crippen LogP contribution in [0.5, 0.6) is 11.5 Å². The van der Waals surface area contributed by atoms with Crippen molar-refractivity contribution < 1.29 is 19.0 Å². The number of hydrogen-bond acceptors (Lipinski definition) is 5. The lowest BCUT2D eigenvalue weighted by Crippen LogP contribution is -2.36. The number of nitrogens with zero attached hydrogens (tertiary/aromatic N) is 1. The second-order valence-corrected chi connectivity index (χ2v) is 5.49. The van der Waals surface area contributed by atoms with Crippen molar-refractivity contribution >= 4 is 5.97 Å². The van der Waals surface area contributed by atoms with E-state index in [9.17, 15) is 4.79 Å². The highest BCUT2D eigenvalue weighted by atomic mass is 16.7. The maximum atomic E-state index is 11.7. The second kappa shape index (κ2) is 6.35. The number of hydrogen-bond donors (Lipinski definition) is 0. The summed E-state index contributed by atoms with van der Waals surface area (Å²) in [4.78, 5) is 14.1. The Balaban J connectivity index is 1.52.